The number of amides is 1. The van der Waals surface area contributed by atoms with Crippen LogP contribution in [-0.4, -0.2) is 26.4 Å². The second-order valence-electron chi connectivity index (χ2n) is 3.66. The molecule has 0 radical (unpaired) electrons. The van der Waals surface area contributed by atoms with Gasteiger partial charge in [-0.05, 0) is 24.1 Å². The third-order valence-electron chi connectivity index (χ3n) is 2.25. The first-order valence-electron chi connectivity index (χ1n) is 5.65. The Morgan fingerprint density at radius 3 is 2.72 bits per heavy atom. The highest BCUT2D eigenvalue weighted by molar-refractivity contribution is 5.67. The molecule has 1 aromatic carbocycles. The first-order chi connectivity index (χ1) is 8.76. The average molecular weight is 248 g/mol. The van der Waals surface area contributed by atoms with Crippen molar-refractivity contribution >= 4 is 6.09 Å². The van der Waals surface area contributed by atoms with Gasteiger partial charge in [-0.3, -0.25) is 0 Å². The van der Waals surface area contributed by atoms with Crippen LogP contribution in [0, 0.1) is 11.3 Å². The van der Waals surface area contributed by atoms with Gasteiger partial charge in [-0.2, -0.15) is 5.26 Å². The summed E-state index contributed by atoms with van der Waals surface area (Å²) >= 11 is 0. The zero-order chi connectivity index (χ0) is 13.2. The minimum atomic E-state index is -0.449. The molecular weight excluding hydrogens is 232 g/mol. The molecule has 0 fully saturated rings. The van der Waals surface area contributed by atoms with Gasteiger partial charge < -0.3 is 14.8 Å². The Bertz CT molecular complexity index is 409. The second kappa shape index (κ2) is 8.09. The molecule has 0 bridgehead atoms. The average Bonchev–Trinajstić information content (AvgIpc) is 2.42. The van der Waals surface area contributed by atoms with Crippen molar-refractivity contribution in [1.29, 1.82) is 5.26 Å². The second-order valence-corrected chi connectivity index (χ2v) is 3.66. The zero-order valence-electron chi connectivity index (χ0n) is 10.3. The fourth-order valence-corrected chi connectivity index (χ4v) is 1.28. The zero-order valence-corrected chi connectivity index (χ0v) is 10.3. The summed E-state index contributed by atoms with van der Waals surface area (Å²) in [5.41, 5.74) is 1.43. The third kappa shape index (κ3) is 5.32. The third-order valence-corrected chi connectivity index (χ3v) is 2.25. The maximum absolute atomic E-state index is 11.3. The summed E-state index contributed by atoms with van der Waals surface area (Å²) in [6.45, 7) is 1.33. The van der Waals surface area contributed by atoms with Crippen molar-refractivity contribution < 1.29 is 14.3 Å². The monoisotopic (exact) mass is 248 g/mol. The minimum Gasteiger partial charge on any atom is -0.445 e. The summed E-state index contributed by atoms with van der Waals surface area (Å²) in [7, 11) is 1.61. The molecule has 1 rings (SSSR count). The molecule has 1 aromatic rings. The number of methoxy groups -OCH3 is 1. The summed E-state index contributed by atoms with van der Waals surface area (Å²) in [6, 6.07) is 8.93. The van der Waals surface area contributed by atoms with Gasteiger partial charge >= 0.3 is 6.09 Å². The van der Waals surface area contributed by atoms with E-state index in [4.69, 9.17) is 14.7 Å². The van der Waals surface area contributed by atoms with Crippen LogP contribution in [0.25, 0.3) is 0 Å². The standard InChI is InChI=1S/C13H16N2O3/c1-17-8-2-7-15-13(16)18-10-12-5-3-11(9-14)4-6-12/h3-6H,2,7-8,10H2,1H3,(H,15,16). The number of hydrogen-bond acceptors (Lipinski definition) is 4. The number of nitriles is 1. The highest BCUT2D eigenvalue weighted by atomic mass is 16.5. The highest BCUT2D eigenvalue weighted by Crippen LogP contribution is 2.04. The molecule has 0 saturated heterocycles. The topological polar surface area (TPSA) is 71.3 Å². The molecular formula is C13H16N2O3. The van der Waals surface area contributed by atoms with Crippen LogP contribution in [0.1, 0.15) is 17.5 Å². The van der Waals surface area contributed by atoms with Gasteiger partial charge in [0.1, 0.15) is 6.61 Å². The molecule has 5 heteroatoms. The Kier molecular flexibility index (Phi) is 6.30. The van der Waals surface area contributed by atoms with Crippen LogP contribution in [0.4, 0.5) is 4.79 Å². The smallest absolute Gasteiger partial charge is 0.407 e. The number of nitrogens with zero attached hydrogens (tertiary/aromatic N) is 1. The van der Waals surface area contributed by atoms with Gasteiger partial charge in [0, 0.05) is 20.3 Å². The van der Waals surface area contributed by atoms with Gasteiger partial charge in [-0.15, -0.1) is 0 Å². The van der Waals surface area contributed by atoms with Crippen molar-refractivity contribution in [3.8, 4) is 6.07 Å². The van der Waals surface area contributed by atoms with Gasteiger partial charge in [0.15, 0.2) is 0 Å². The molecule has 0 spiro atoms. The normalized spacial score (nSPS) is 9.56. The molecule has 1 amide bonds. The van der Waals surface area contributed by atoms with E-state index in [1.807, 2.05) is 6.07 Å². The van der Waals surface area contributed by atoms with Crippen molar-refractivity contribution in [1.82, 2.24) is 5.32 Å². The lowest BCUT2D eigenvalue weighted by Crippen LogP contribution is -2.25. The molecule has 0 aliphatic carbocycles. The van der Waals surface area contributed by atoms with Crippen LogP contribution >= 0.6 is 0 Å². The Balaban J connectivity index is 2.23. The maximum atomic E-state index is 11.3. The van der Waals surface area contributed by atoms with Crippen molar-refractivity contribution in [2.75, 3.05) is 20.3 Å². The number of rotatable bonds is 6. The van der Waals surface area contributed by atoms with Crippen LogP contribution in [0.5, 0.6) is 0 Å². The first kappa shape index (κ1) is 14.0. The molecule has 0 unspecified atom stereocenters. The van der Waals surface area contributed by atoms with Gasteiger partial charge in [0.25, 0.3) is 0 Å². The number of carbonyl (C=O) groups excluding carboxylic acids is 1. The number of benzene rings is 1. The summed E-state index contributed by atoms with van der Waals surface area (Å²) in [4.78, 5) is 11.3. The quantitative estimate of drug-likeness (QED) is 0.779. The van der Waals surface area contributed by atoms with Crippen LogP contribution < -0.4 is 5.32 Å². The van der Waals surface area contributed by atoms with E-state index in [2.05, 4.69) is 5.32 Å². The number of nitrogens with one attached hydrogen (secondary N) is 1. The molecule has 0 saturated carbocycles. The molecule has 18 heavy (non-hydrogen) atoms. The highest BCUT2D eigenvalue weighted by Gasteiger charge is 2.01. The van der Waals surface area contributed by atoms with Crippen molar-refractivity contribution in [2.24, 2.45) is 0 Å². The number of carbonyl (C=O) groups is 1. The summed E-state index contributed by atoms with van der Waals surface area (Å²) in [5, 5.41) is 11.2. The minimum absolute atomic E-state index is 0.196. The lowest BCUT2D eigenvalue weighted by atomic mass is 10.2. The predicted molar refractivity (Wildman–Crippen MR) is 65.8 cm³/mol. The predicted octanol–water partition coefficient (Wildman–Crippen LogP) is 1.82. The summed E-state index contributed by atoms with van der Waals surface area (Å²) < 4.78 is 9.86. The molecule has 5 nitrogen and oxygen atoms in total. The van der Waals surface area contributed by atoms with Crippen molar-refractivity contribution in [3.05, 3.63) is 35.4 Å². The van der Waals surface area contributed by atoms with E-state index >= 15 is 0 Å². The lowest BCUT2D eigenvalue weighted by Gasteiger charge is -2.06. The molecule has 0 aliphatic heterocycles. The van der Waals surface area contributed by atoms with Crippen LogP contribution in [-0.2, 0) is 16.1 Å². The van der Waals surface area contributed by atoms with E-state index in [1.165, 1.54) is 0 Å². The van der Waals surface area contributed by atoms with E-state index < -0.39 is 6.09 Å². The maximum Gasteiger partial charge on any atom is 0.407 e. The van der Waals surface area contributed by atoms with E-state index in [0.717, 1.165) is 12.0 Å². The SMILES string of the molecule is COCCCNC(=O)OCc1ccc(C#N)cc1. The molecule has 96 valence electrons. The largest absolute Gasteiger partial charge is 0.445 e. The van der Waals surface area contributed by atoms with Gasteiger partial charge in [0.2, 0.25) is 0 Å². The van der Waals surface area contributed by atoms with Crippen molar-refractivity contribution in [3.63, 3.8) is 0 Å². The number of alkyl carbamates (subject to hydrolysis) is 1. The Morgan fingerprint density at radius 1 is 1.39 bits per heavy atom. The molecule has 0 aliphatic rings. The molecule has 0 heterocycles. The molecule has 0 atom stereocenters. The van der Waals surface area contributed by atoms with Gasteiger partial charge in [-0.25, -0.2) is 4.79 Å². The van der Waals surface area contributed by atoms with Crippen molar-refractivity contribution in [2.45, 2.75) is 13.0 Å². The number of ether oxygens (including phenoxy) is 2. The Morgan fingerprint density at radius 2 is 2.11 bits per heavy atom. The summed E-state index contributed by atoms with van der Waals surface area (Å²) in [5.74, 6) is 0. The molecule has 0 aromatic heterocycles. The van der Waals surface area contributed by atoms with E-state index in [-0.39, 0.29) is 6.61 Å². The lowest BCUT2D eigenvalue weighted by molar-refractivity contribution is 0.137. The van der Waals surface area contributed by atoms with Gasteiger partial charge in [0.05, 0.1) is 11.6 Å². The Hall–Kier alpha value is -2.06. The van der Waals surface area contributed by atoms with E-state index in [9.17, 15) is 4.79 Å². The summed E-state index contributed by atoms with van der Waals surface area (Å²) in [6.07, 6.45) is 0.304. The van der Waals surface area contributed by atoms with Crippen LogP contribution in [0.15, 0.2) is 24.3 Å². The Labute approximate surface area is 106 Å². The van der Waals surface area contributed by atoms with Crippen LogP contribution in [0.3, 0.4) is 0 Å². The van der Waals surface area contributed by atoms with E-state index in [1.54, 1.807) is 31.4 Å². The first-order valence-corrected chi connectivity index (χ1v) is 5.65. The molecule has 1 N–H and O–H groups in total. The fraction of sp³-hybridized carbons (Fsp3) is 0.385. The fourth-order valence-electron chi connectivity index (χ4n) is 1.28. The van der Waals surface area contributed by atoms with E-state index in [0.29, 0.717) is 18.7 Å². The van der Waals surface area contributed by atoms with Crippen LogP contribution in [0.2, 0.25) is 0 Å². The number of hydrogen-bond donors (Lipinski definition) is 1. The van der Waals surface area contributed by atoms with Gasteiger partial charge in [-0.1, -0.05) is 12.1 Å².